The maximum Gasteiger partial charge on any atom is 0.232 e. The fourth-order valence-corrected chi connectivity index (χ4v) is 3.53. The number of thiocarbonyl (C=S) groups is 1. The van der Waals surface area contributed by atoms with Crippen molar-refractivity contribution in [1.82, 2.24) is 15.3 Å². The Bertz CT molecular complexity index is 786. The van der Waals surface area contributed by atoms with Crippen molar-refractivity contribution in [2.24, 2.45) is 5.92 Å². The Balaban J connectivity index is 1.63. The molecule has 0 saturated carbocycles. The van der Waals surface area contributed by atoms with Crippen LogP contribution >= 0.6 is 35.4 Å². The average molecular weight is 410 g/mol. The van der Waals surface area contributed by atoms with Crippen LogP contribution in [0.4, 0.5) is 11.8 Å². The largest absolute Gasteiger partial charge is 0.358 e. The van der Waals surface area contributed by atoms with Crippen LogP contribution in [0.2, 0.25) is 10.2 Å². The Hall–Kier alpha value is -1.63. The summed E-state index contributed by atoms with van der Waals surface area (Å²) in [4.78, 5) is 11.0. The minimum Gasteiger partial charge on any atom is -0.358 e. The maximum atomic E-state index is 6.18. The van der Waals surface area contributed by atoms with E-state index in [9.17, 15) is 0 Å². The second kappa shape index (κ2) is 8.84. The molecule has 138 valence electrons. The molecule has 5 nitrogen and oxygen atoms in total. The van der Waals surface area contributed by atoms with E-state index in [-0.39, 0.29) is 0 Å². The van der Waals surface area contributed by atoms with Gasteiger partial charge in [-0.05, 0) is 42.6 Å². The molecule has 1 atom stereocenters. The van der Waals surface area contributed by atoms with Gasteiger partial charge in [0.1, 0.15) is 11.0 Å². The standard InChI is InChI=1S/C18H21Cl2N5S/c1-12-5-4-8-25(11-12)16-9-15(20)22-17(23-16)24-18(26)21-10-13-6-2-3-7-14(13)19/h2-3,6-7,9,12H,4-5,8,10-11H2,1H3,(H2,21,22,23,24,26). The molecule has 0 aliphatic carbocycles. The maximum absolute atomic E-state index is 6.18. The van der Waals surface area contributed by atoms with Gasteiger partial charge in [-0.2, -0.15) is 4.98 Å². The van der Waals surface area contributed by atoms with Crippen LogP contribution in [0.3, 0.4) is 0 Å². The van der Waals surface area contributed by atoms with E-state index < -0.39 is 0 Å². The molecule has 3 rings (SSSR count). The number of hydrogen-bond acceptors (Lipinski definition) is 4. The number of nitrogens with zero attached hydrogens (tertiary/aromatic N) is 3. The summed E-state index contributed by atoms with van der Waals surface area (Å²) >= 11 is 17.7. The minimum absolute atomic E-state index is 0.391. The lowest BCUT2D eigenvalue weighted by molar-refractivity contribution is 0.444. The molecule has 2 heterocycles. The number of anilines is 2. The second-order valence-corrected chi connectivity index (χ2v) is 7.67. The van der Waals surface area contributed by atoms with Gasteiger partial charge in [0, 0.05) is 30.7 Å². The molecule has 0 radical (unpaired) electrons. The first-order valence-corrected chi connectivity index (χ1v) is 9.75. The molecule has 1 aromatic carbocycles. The van der Waals surface area contributed by atoms with Crippen molar-refractivity contribution in [3.8, 4) is 0 Å². The van der Waals surface area contributed by atoms with Crippen molar-refractivity contribution >= 4 is 52.3 Å². The number of piperidine rings is 1. The Morgan fingerprint density at radius 3 is 2.88 bits per heavy atom. The smallest absolute Gasteiger partial charge is 0.232 e. The van der Waals surface area contributed by atoms with E-state index in [0.29, 0.717) is 33.7 Å². The summed E-state index contributed by atoms with van der Waals surface area (Å²) in [5, 5.41) is 7.63. The summed E-state index contributed by atoms with van der Waals surface area (Å²) in [7, 11) is 0. The van der Waals surface area contributed by atoms with Crippen LogP contribution in [0.5, 0.6) is 0 Å². The summed E-state index contributed by atoms with van der Waals surface area (Å²) in [5.41, 5.74) is 0.966. The topological polar surface area (TPSA) is 53.1 Å². The van der Waals surface area contributed by atoms with Gasteiger partial charge >= 0.3 is 0 Å². The average Bonchev–Trinajstić information content (AvgIpc) is 2.60. The van der Waals surface area contributed by atoms with E-state index in [0.717, 1.165) is 30.9 Å². The SMILES string of the molecule is CC1CCCN(c2cc(Cl)nc(NC(=S)NCc3ccccc3Cl)n2)C1. The predicted octanol–water partition coefficient (Wildman–Crippen LogP) is 4.51. The molecule has 1 aliphatic rings. The zero-order valence-corrected chi connectivity index (χ0v) is 16.8. The molecule has 26 heavy (non-hydrogen) atoms. The first-order chi connectivity index (χ1) is 12.5. The number of rotatable bonds is 4. The molecule has 0 amide bonds. The lowest BCUT2D eigenvalue weighted by Crippen LogP contribution is -2.35. The van der Waals surface area contributed by atoms with Gasteiger partial charge in [-0.3, -0.25) is 0 Å². The normalized spacial score (nSPS) is 17.0. The Labute approximate surface area is 169 Å². The highest BCUT2D eigenvalue weighted by molar-refractivity contribution is 7.80. The zero-order valence-electron chi connectivity index (χ0n) is 14.5. The molecule has 0 bridgehead atoms. The molecule has 2 N–H and O–H groups in total. The molecule has 1 aromatic heterocycles. The summed E-state index contributed by atoms with van der Waals surface area (Å²) in [6, 6.07) is 9.42. The molecule has 1 saturated heterocycles. The monoisotopic (exact) mass is 409 g/mol. The molecule has 8 heteroatoms. The third-order valence-corrected chi connectivity index (χ3v) is 5.09. The summed E-state index contributed by atoms with van der Waals surface area (Å²) in [5.74, 6) is 1.86. The van der Waals surface area contributed by atoms with Crippen molar-refractivity contribution in [2.75, 3.05) is 23.3 Å². The van der Waals surface area contributed by atoms with Crippen LogP contribution < -0.4 is 15.5 Å². The van der Waals surface area contributed by atoms with Crippen LogP contribution in [-0.2, 0) is 6.54 Å². The molecule has 1 aliphatic heterocycles. The molecular weight excluding hydrogens is 389 g/mol. The number of halogens is 2. The van der Waals surface area contributed by atoms with E-state index in [1.807, 2.05) is 24.3 Å². The summed E-state index contributed by atoms with van der Waals surface area (Å²) in [6.45, 7) is 4.72. The quantitative estimate of drug-likeness (QED) is 0.572. The van der Waals surface area contributed by atoms with Gasteiger partial charge in [0.25, 0.3) is 0 Å². The molecule has 1 fully saturated rings. The predicted molar refractivity (Wildman–Crippen MR) is 112 cm³/mol. The molecule has 2 aromatic rings. The van der Waals surface area contributed by atoms with Gasteiger partial charge in [-0.15, -0.1) is 0 Å². The molecule has 1 unspecified atom stereocenters. The van der Waals surface area contributed by atoms with Crippen molar-refractivity contribution < 1.29 is 0 Å². The highest BCUT2D eigenvalue weighted by Crippen LogP contribution is 2.24. The van der Waals surface area contributed by atoms with E-state index >= 15 is 0 Å². The lowest BCUT2D eigenvalue weighted by Gasteiger charge is -2.32. The lowest BCUT2D eigenvalue weighted by atomic mass is 10.0. The third-order valence-electron chi connectivity index (χ3n) is 4.28. The van der Waals surface area contributed by atoms with Gasteiger partial charge in [-0.1, -0.05) is 48.3 Å². The van der Waals surface area contributed by atoms with E-state index in [4.69, 9.17) is 35.4 Å². The van der Waals surface area contributed by atoms with E-state index in [1.54, 1.807) is 6.07 Å². The van der Waals surface area contributed by atoms with Crippen LogP contribution in [0.25, 0.3) is 0 Å². The van der Waals surface area contributed by atoms with Gasteiger partial charge in [0.05, 0.1) is 0 Å². The van der Waals surface area contributed by atoms with Crippen molar-refractivity contribution in [3.63, 3.8) is 0 Å². The van der Waals surface area contributed by atoms with E-state index in [1.165, 1.54) is 6.42 Å². The second-order valence-electron chi connectivity index (χ2n) is 6.46. The summed E-state index contributed by atoms with van der Waals surface area (Å²) < 4.78 is 0. The minimum atomic E-state index is 0.391. The Kier molecular flexibility index (Phi) is 6.51. The van der Waals surface area contributed by atoms with Crippen molar-refractivity contribution in [2.45, 2.75) is 26.3 Å². The van der Waals surface area contributed by atoms with Crippen LogP contribution in [0.15, 0.2) is 30.3 Å². The van der Waals surface area contributed by atoms with Crippen LogP contribution in [0, 0.1) is 5.92 Å². The fraction of sp³-hybridized carbons (Fsp3) is 0.389. The molecule has 0 spiro atoms. The Morgan fingerprint density at radius 2 is 2.12 bits per heavy atom. The highest BCUT2D eigenvalue weighted by Gasteiger charge is 2.19. The third kappa shape index (κ3) is 5.19. The van der Waals surface area contributed by atoms with Gasteiger partial charge in [-0.25, -0.2) is 4.98 Å². The number of benzene rings is 1. The number of aromatic nitrogens is 2. The zero-order chi connectivity index (χ0) is 18.5. The number of hydrogen-bond donors (Lipinski definition) is 2. The molecular formula is C18H21Cl2N5S. The fourth-order valence-electron chi connectivity index (χ4n) is 2.98. The van der Waals surface area contributed by atoms with Crippen LogP contribution in [-0.4, -0.2) is 28.2 Å². The number of nitrogens with one attached hydrogen (secondary N) is 2. The summed E-state index contributed by atoms with van der Waals surface area (Å²) in [6.07, 6.45) is 2.40. The first-order valence-electron chi connectivity index (χ1n) is 8.59. The van der Waals surface area contributed by atoms with Crippen molar-refractivity contribution in [1.29, 1.82) is 0 Å². The highest BCUT2D eigenvalue weighted by atomic mass is 35.5. The van der Waals surface area contributed by atoms with Gasteiger partial charge < -0.3 is 15.5 Å². The van der Waals surface area contributed by atoms with Crippen LogP contribution in [0.1, 0.15) is 25.3 Å². The Morgan fingerprint density at radius 1 is 1.31 bits per heavy atom. The first kappa shape index (κ1) is 19.1. The van der Waals surface area contributed by atoms with Gasteiger partial charge in [0.15, 0.2) is 5.11 Å². The van der Waals surface area contributed by atoms with Crippen molar-refractivity contribution in [3.05, 3.63) is 46.1 Å². The van der Waals surface area contributed by atoms with Gasteiger partial charge in [0.2, 0.25) is 5.95 Å². The van der Waals surface area contributed by atoms with E-state index in [2.05, 4.69) is 32.4 Å².